The summed E-state index contributed by atoms with van der Waals surface area (Å²) >= 11 is 0. The van der Waals surface area contributed by atoms with Crippen LogP contribution in [0, 0.1) is 27.7 Å². The van der Waals surface area contributed by atoms with E-state index < -0.39 is 0 Å². The van der Waals surface area contributed by atoms with Crippen molar-refractivity contribution in [2.75, 3.05) is 5.32 Å². The fourth-order valence-corrected chi connectivity index (χ4v) is 4.00. The Morgan fingerprint density at radius 1 is 0.857 bits per heavy atom. The normalized spacial score (nSPS) is 12.3. The van der Waals surface area contributed by atoms with Crippen molar-refractivity contribution >= 4 is 17.2 Å². The van der Waals surface area contributed by atoms with E-state index in [2.05, 4.69) is 105 Å². The highest BCUT2D eigenvalue weighted by atomic mass is 15.1. The van der Waals surface area contributed by atoms with Gasteiger partial charge in [-0.1, -0.05) is 55.5 Å². The van der Waals surface area contributed by atoms with Crippen molar-refractivity contribution < 1.29 is 0 Å². The third kappa shape index (κ3) is 3.18. The van der Waals surface area contributed by atoms with Crippen molar-refractivity contribution in [1.82, 2.24) is 9.38 Å². The molecule has 142 valence electrons. The fraction of sp³-hybridized carbons (Fsp3) is 0.240. The first-order chi connectivity index (χ1) is 13.5. The van der Waals surface area contributed by atoms with Crippen LogP contribution in [-0.2, 0) is 0 Å². The lowest BCUT2D eigenvalue weighted by molar-refractivity contribution is 0.887. The molecule has 0 unspecified atom stereocenters. The van der Waals surface area contributed by atoms with Crippen LogP contribution in [0.5, 0.6) is 0 Å². The molecule has 28 heavy (non-hydrogen) atoms. The maximum Gasteiger partial charge on any atom is 0.139 e. The Balaban J connectivity index is 1.94. The Labute approximate surface area is 167 Å². The fourth-order valence-electron chi connectivity index (χ4n) is 4.00. The summed E-state index contributed by atoms with van der Waals surface area (Å²) in [6.07, 6.45) is 0. The second-order valence-corrected chi connectivity index (χ2v) is 7.74. The Bertz CT molecular complexity index is 1120. The van der Waals surface area contributed by atoms with Crippen LogP contribution >= 0.6 is 0 Å². The zero-order valence-electron chi connectivity index (χ0n) is 17.2. The lowest BCUT2D eigenvalue weighted by Crippen LogP contribution is -2.06. The van der Waals surface area contributed by atoms with Gasteiger partial charge in [0.05, 0.1) is 5.69 Å². The number of hydrogen-bond acceptors (Lipinski definition) is 2. The van der Waals surface area contributed by atoms with Crippen molar-refractivity contribution in [2.45, 2.75) is 40.5 Å². The summed E-state index contributed by atoms with van der Waals surface area (Å²) in [5.74, 6) is 1.24. The summed E-state index contributed by atoms with van der Waals surface area (Å²) in [6, 6.07) is 21.4. The molecule has 3 heteroatoms. The van der Waals surface area contributed by atoms with Gasteiger partial charge in [-0.3, -0.25) is 4.40 Å². The molecule has 0 amide bonds. The smallest absolute Gasteiger partial charge is 0.139 e. The minimum atomic E-state index is 0.188. The van der Waals surface area contributed by atoms with E-state index in [0.717, 1.165) is 22.8 Å². The minimum Gasteiger partial charge on any atom is -0.339 e. The largest absolute Gasteiger partial charge is 0.339 e. The van der Waals surface area contributed by atoms with Crippen LogP contribution in [0.4, 0.5) is 11.5 Å². The zero-order valence-corrected chi connectivity index (χ0v) is 17.2. The highest BCUT2D eigenvalue weighted by Crippen LogP contribution is 2.35. The standard InChI is InChI=1S/C25H27N3/c1-16-14-19(4)28-22(15-16)26-24(20(5)21-12-7-6-8-13-21)25(28)27-23-17(2)10-9-11-18(23)3/h6-15,20,27H,1-5H3/t20-/m0/s1. The van der Waals surface area contributed by atoms with Crippen molar-refractivity contribution in [3.63, 3.8) is 0 Å². The summed E-state index contributed by atoms with van der Waals surface area (Å²) in [7, 11) is 0. The molecule has 0 fully saturated rings. The van der Waals surface area contributed by atoms with Gasteiger partial charge < -0.3 is 5.32 Å². The van der Waals surface area contributed by atoms with Crippen molar-refractivity contribution in [1.29, 1.82) is 0 Å². The quantitative estimate of drug-likeness (QED) is 0.447. The average Bonchev–Trinajstić information content (AvgIpc) is 3.03. The van der Waals surface area contributed by atoms with Gasteiger partial charge in [0, 0.05) is 17.3 Å². The van der Waals surface area contributed by atoms with Crippen molar-refractivity contribution in [3.05, 3.63) is 94.3 Å². The third-order valence-corrected chi connectivity index (χ3v) is 5.51. The predicted molar refractivity (Wildman–Crippen MR) is 118 cm³/mol. The Kier molecular flexibility index (Phi) is 4.68. The molecule has 0 aliphatic heterocycles. The zero-order chi connectivity index (χ0) is 19.8. The number of aromatic nitrogens is 2. The van der Waals surface area contributed by atoms with Gasteiger partial charge in [-0.15, -0.1) is 0 Å². The summed E-state index contributed by atoms with van der Waals surface area (Å²) in [6.45, 7) is 10.8. The van der Waals surface area contributed by atoms with Gasteiger partial charge in [-0.05, 0) is 62.1 Å². The number of anilines is 2. The topological polar surface area (TPSA) is 29.3 Å². The number of pyridine rings is 1. The van der Waals surface area contributed by atoms with Gasteiger partial charge in [-0.25, -0.2) is 4.98 Å². The highest BCUT2D eigenvalue weighted by Gasteiger charge is 2.21. The number of fused-ring (bicyclic) bond motifs is 1. The van der Waals surface area contributed by atoms with Crippen LogP contribution in [0.25, 0.3) is 5.65 Å². The number of aryl methyl sites for hydroxylation is 4. The van der Waals surface area contributed by atoms with Gasteiger partial charge in [0.2, 0.25) is 0 Å². The molecule has 0 saturated carbocycles. The summed E-state index contributed by atoms with van der Waals surface area (Å²) < 4.78 is 2.24. The average molecular weight is 370 g/mol. The van der Waals surface area contributed by atoms with E-state index >= 15 is 0 Å². The first-order valence-electron chi connectivity index (χ1n) is 9.83. The first kappa shape index (κ1) is 18.3. The van der Waals surface area contributed by atoms with Crippen LogP contribution in [0.2, 0.25) is 0 Å². The lowest BCUT2D eigenvalue weighted by atomic mass is 9.97. The lowest BCUT2D eigenvalue weighted by Gasteiger charge is -2.17. The number of rotatable bonds is 4. The van der Waals surface area contributed by atoms with E-state index in [9.17, 15) is 0 Å². The van der Waals surface area contributed by atoms with Crippen LogP contribution in [0.1, 0.15) is 46.5 Å². The molecule has 4 rings (SSSR count). The molecule has 2 heterocycles. The van der Waals surface area contributed by atoms with E-state index in [1.165, 1.54) is 27.9 Å². The molecule has 0 radical (unpaired) electrons. The molecular formula is C25H27N3. The molecule has 1 N–H and O–H groups in total. The first-order valence-corrected chi connectivity index (χ1v) is 9.83. The third-order valence-electron chi connectivity index (χ3n) is 5.51. The van der Waals surface area contributed by atoms with E-state index in [1.54, 1.807) is 0 Å². The highest BCUT2D eigenvalue weighted by molar-refractivity contribution is 5.70. The molecule has 3 nitrogen and oxygen atoms in total. The number of hydrogen-bond donors (Lipinski definition) is 1. The van der Waals surface area contributed by atoms with Gasteiger partial charge >= 0.3 is 0 Å². The maximum atomic E-state index is 5.07. The van der Waals surface area contributed by atoms with Crippen molar-refractivity contribution in [3.8, 4) is 0 Å². The van der Waals surface area contributed by atoms with Crippen molar-refractivity contribution in [2.24, 2.45) is 0 Å². The molecule has 0 aliphatic rings. The number of para-hydroxylation sites is 1. The number of benzene rings is 2. The van der Waals surface area contributed by atoms with Crippen LogP contribution < -0.4 is 5.32 Å². The number of nitrogens with zero attached hydrogens (tertiary/aromatic N) is 2. The summed E-state index contributed by atoms with van der Waals surface area (Å²) in [5, 5.41) is 3.74. The van der Waals surface area contributed by atoms with Crippen LogP contribution in [0.3, 0.4) is 0 Å². The molecule has 0 spiro atoms. The summed E-state index contributed by atoms with van der Waals surface area (Å²) in [5.41, 5.74) is 9.37. The van der Waals surface area contributed by atoms with Crippen LogP contribution in [-0.4, -0.2) is 9.38 Å². The second kappa shape index (κ2) is 7.16. The monoisotopic (exact) mass is 369 g/mol. The Morgan fingerprint density at radius 2 is 1.54 bits per heavy atom. The molecule has 0 aliphatic carbocycles. The van der Waals surface area contributed by atoms with Gasteiger partial charge in [0.25, 0.3) is 0 Å². The molecule has 0 saturated heterocycles. The number of nitrogens with one attached hydrogen (secondary N) is 1. The Hall–Kier alpha value is -3.07. The second-order valence-electron chi connectivity index (χ2n) is 7.74. The molecule has 0 bridgehead atoms. The van der Waals surface area contributed by atoms with E-state index in [4.69, 9.17) is 4.98 Å². The SMILES string of the molecule is Cc1cc(C)n2c(Nc3c(C)cccc3C)c([C@@H](C)c3ccccc3)nc2c1. The Morgan fingerprint density at radius 3 is 2.21 bits per heavy atom. The molecule has 1 atom stereocenters. The van der Waals surface area contributed by atoms with Gasteiger partial charge in [0.15, 0.2) is 0 Å². The van der Waals surface area contributed by atoms with E-state index in [-0.39, 0.29) is 5.92 Å². The minimum absolute atomic E-state index is 0.188. The molecular weight excluding hydrogens is 342 g/mol. The molecule has 4 aromatic rings. The number of imidazole rings is 1. The maximum absolute atomic E-state index is 5.07. The van der Waals surface area contributed by atoms with Crippen LogP contribution in [0.15, 0.2) is 60.7 Å². The predicted octanol–water partition coefficient (Wildman–Crippen LogP) is 6.46. The molecule has 2 aromatic heterocycles. The molecule has 2 aromatic carbocycles. The van der Waals surface area contributed by atoms with Gasteiger partial charge in [0.1, 0.15) is 11.5 Å². The van der Waals surface area contributed by atoms with E-state index in [1.807, 2.05) is 0 Å². The van der Waals surface area contributed by atoms with Gasteiger partial charge in [-0.2, -0.15) is 0 Å². The summed E-state index contributed by atoms with van der Waals surface area (Å²) in [4.78, 5) is 5.07. The van der Waals surface area contributed by atoms with E-state index in [0.29, 0.717) is 0 Å².